The molecule has 0 spiro atoms. The molecule has 3 rings (SSSR count). The number of benzene rings is 2. The topological polar surface area (TPSA) is 70.2 Å². The number of alkyl halides is 3. The van der Waals surface area contributed by atoms with E-state index >= 15 is 0 Å². The summed E-state index contributed by atoms with van der Waals surface area (Å²) in [6.07, 6.45) is -3.43. The zero-order chi connectivity index (χ0) is 19.8. The minimum atomic E-state index is -4.49. The first kappa shape index (κ1) is 18.7. The van der Waals surface area contributed by atoms with Gasteiger partial charge in [0, 0.05) is 29.1 Å². The minimum Gasteiger partial charge on any atom is -0.481 e. The predicted octanol–water partition coefficient (Wildman–Crippen LogP) is 4.94. The summed E-state index contributed by atoms with van der Waals surface area (Å²) < 4.78 is 38.5. The van der Waals surface area contributed by atoms with Crippen LogP contribution in [0.3, 0.4) is 0 Å². The van der Waals surface area contributed by atoms with Crippen molar-refractivity contribution in [3.8, 4) is 0 Å². The monoisotopic (exact) mass is 375 g/mol. The van der Waals surface area contributed by atoms with Crippen LogP contribution in [0.5, 0.6) is 0 Å². The molecule has 0 saturated heterocycles. The molecule has 0 saturated carbocycles. The molecule has 0 bridgehead atoms. The van der Waals surface area contributed by atoms with E-state index in [2.05, 4.69) is 4.98 Å². The molecule has 0 aliphatic rings. The Bertz CT molecular complexity index is 1000. The number of halogens is 3. The van der Waals surface area contributed by atoms with Gasteiger partial charge in [0.15, 0.2) is 5.78 Å². The van der Waals surface area contributed by atoms with E-state index < -0.39 is 23.6 Å². The van der Waals surface area contributed by atoms with Gasteiger partial charge in [-0.15, -0.1) is 0 Å². The van der Waals surface area contributed by atoms with E-state index in [4.69, 9.17) is 0 Å². The fraction of sp³-hybridized carbons (Fsp3) is 0.200. The number of fused-ring (bicyclic) bond motifs is 1. The van der Waals surface area contributed by atoms with Crippen LogP contribution in [0.25, 0.3) is 10.9 Å². The number of nitrogens with one attached hydrogen (secondary N) is 1. The Kier molecular flexibility index (Phi) is 4.78. The Balaban J connectivity index is 1.94. The van der Waals surface area contributed by atoms with E-state index in [9.17, 15) is 27.9 Å². The standard InChI is InChI=1S/C20H16F3NO3/c1-11-2-4-12(5-3-11)18(25)9-15(19(26)27)16-10-24-17-8-13(20(21,22)23)6-7-14(16)17/h2-8,10,15,24H,9H2,1H3,(H,26,27). The number of ketones is 1. The Morgan fingerprint density at radius 1 is 1.11 bits per heavy atom. The number of carbonyl (C=O) groups excluding carboxylic acids is 1. The van der Waals surface area contributed by atoms with E-state index in [0.717, 1.165) is 17.7 Å². The second-order valence-electron chi connectivity index (χ2n) is 6.39. The van der Waals surface area contributed by atoms with Gasteiger partial charge in [0.25, 0.3) is 0 Å². The molecule has 1 heterocycles. The van der Waals surface area contributed by atoms with Crippen molar-refractivity contribution in [3.63, 3.8) is 0 Å². The summed E-state index contributed by atoms with van der Waals surface area (Å²) in [5.74, 6) is -2.72. The molecule has 2 N–H and O–H groups in total. The van der Waals surface area contributed by atoms with Gasteiger partial charge in [-0.2, -0.15) is 13.2 Å². The predicted molar refractivity (Wildman–Crippen MR) is 93.8 cm³/mol. The zero-order valence-corrected chi connectivity index (χ0v) is 14.3. The van der Waals surface area contributed by atoms with Crippen LogP contribution in [-0.2, 0) is 11.0 Å². The van der Waals surface area contributed by atoms with Gasteiger partial charge in [-0.25, -0.2) is 0 Å². The molecule has 0 aliphatic heterocycles. The number of H-pyrrole nitrogens is 1. The van der Waals surface area contributed by atoms with Crippen LogP contribution in [0.15, 0.2) is 48.7 Å². The molecule has 0 amide bonds. The number of carboxylic acids is 1. The number of aromatic amines is 1. The number of hydrogen-bond donors (Lipinski definition) is 2. The normalized spacial score (nSPS) is 12.9. The minimum absolute atomic E-state index is 0.175. The van der Waals surface area contributed by atoms with Crippen molar-refractivity contribution in [1.29, 1.82) is 0 Å². The van der Waals surface area contributed by atoms with Gasteiger partial charge in [-0.1, -0.05) is 35.9 Å². The van der Waals surface area contributed by atoms with Crippen LogP contribution in [0.4, 0.5) is 13.2 Å². The van der Waals surface area contributed by atoms with Crippen molar-refractivity contribution in [3.05, 3.63) is 70.9 Å². The van der Waals surface area contributed by atoms with E-state index in [-0.39, 0.29) is 23.3 Å². The first-order chi connectivity index (χ1) is 12.7. The summed E-state index contributed by atoms with van der Waals surface area (Å²) in [7, 11) is 0. The van der Waals surface area contributed by atoms with Crippen LogP contribution in [0.1, 0.15) is 39.4 Å². The third-order valence-corrected chi connectivity index (χ3v) is 4.48. The van der Waals surface area contributed by atoms with Crippen molar-refractivity contribution in [2.75, 3.05) is 0 Å². The molecular weight excluding hydrogens is 359 g/mol. The Hall–Kier alpha value is -3.09. The van der Waals surface area contributed by atoms with Crippen LogP contribution < -0.4 is 0 Å². The molecule has 0 aliphatic carbocycles. The van der Waals surface area contributed by atoms with Gasteiger partial charge >= 0.3 is 12.1 Å². The number of aliphatic carboxylic acids is 1. The number of aromatic nitrogens is 1. The fourth-order valence-corrected chi connectivity index (χ4v) is 2.99. The van der Waals surface area contributed by atoms with Gasteiger partial charge in [0.2, 0.25) is 0 Å². The first-order valence-electron chi connectivity index (χ1n) is 8.17. The highest BCUT2D eigenvalue weighted by Crippen LogP contribution is 2.34. The molecular formula is C20H16F3NO3. The fourth-order valence-electron chi connectivity index (χ4n) is 2.99. The second-order valence-corrected chi connectivity index (χ2v) is 6.39. The lowest BCUT2D eigenvalue weighted by Crippen LogP contribution is -2.16. The van der Waals surface area contributed by atoms with E-state index in [0.29, 0.717) is 10.9 Å². The summed E-state index contributed by atoms with van der Waals surface area (Å²) in [6.45, 7) is 1.87. The van der Waals surface area contributed by atoms with Gasteiger partial charge in [-0.3, -0.25) is 9.59 Å². The lowest BCUT2D eigenvalue weighted by atomic mass is 9.91. The molecule has 27 heavy (non-hydrogen) atoms. The summed E-state index contributed by atoms with van der Waals surface area (Å²) >= 11 is 0. The molecule has 4 nitrogen and oxygen atoms in total. The lowest BCUT2D eigenvalue weighted by Gasteiger charge is -2.12. The van der Waals surface area contributed by atoms with Crippen LogP contribution in [0.2, 0.25) is 0 Å². The molecule has 1 aromatic heterocycles. The molecule has 2 aromatic carbocycles. The molecule has 7 heteroatoms. The van der Waals surface area contributed by atoms with Gasteiger partial charge < -0.3 is 10.1 Å². The number of rotatable bonds is 5. The number of Topliss-reactive ketones (excluding diaryl/α,β-unsaturated/α-hetero) is 1. The quantitative estimate of drug-likeness (QED) is 0.621. The SMILES string of the molecule is Cc1ccc(C(=O)CC(C(=O)O)c2c[nH]c3cc(C(F)(F)F)ccc23)cc1. The number of aryl methyl sites for hydroxylation is 1. The third kappa shape index (κ3) is 3.86. The number of carboxylic acid groups (broad SMARTS) is 1. The average Bonchev–Trinajstić information content (AvgIpc) is 3.02. The first-order valence-corrected chi connectivity index (χ1v) is 8.17. The largest absolute Gasteiger partial charge is 0.481 e. The maximum atomic E-state index is 12.8. The number of carbonyl (C=O) groups is 2. The Labute approximate surface area is 152 Å². The molecule has 140 valence electrons. The van der Waals surface area contributed by atoms with Crippen molar-refractivity contribution in [1.82, 2.24) is 4.98 Å². The highest BCUT2D eigenvalue weighted by atomic mass is 19.4. The maximum Gasteiger partial charge on any atom is 0.416 e. The molecule has 1 unspecified atom stereocenters. The van der Waals surface area contributed by atoms with Crippen molar-refractivity contribution in [2.45, 2.75) is 25.4 Å². The highest BCUT2D eigenvalue weighted by Gasteiger charge is 2.32. The smallest absolute Gasteiger partial charge is 0.416 e. The molecule has 3 aromatic rings. The third-order valence-electron chi connectivity index (χ3n) is 4.48. The summed E-state index contributed by atoms with van der Waals surface area (Å²) in [4.78, 5) is 26.9. The number of hydrogen-bond acceptors (Lipinski definition) is 2. The van der Waals surface area contributed by atoms with Crippen molar-refractivity contribution < 1.29 is 27.9 Å². The molecule has 0 fully saturated rings. The van der Waals surface area contributed by atoms with Crippen molar-refractivity contribution >= 4 is 22.7 Å². The summed E-state index contributed by atoms with van der Waals surface area (Å²) in [5.41, 5.74) is 0.996. The average molecular weight is 375 g/mol. The van der Waals surface area contributed by atoms with Crippen LogP contribution >= 0.6 is 0 Å². The highest BCUT2D eigenvalue weighted by molar-refractivity contribution is 6.00. The Morgan fingerprint density at radius 2 is 1.78 bits per heavy atom. The second kappa shape index (κ2) is 6.90. The van der Waals surface area contributed by atoms with Gasteiger partial charge in [-0.05, 0) is 24.6 Å². The maximum absolute atomic E-state index is 12.8. The van der Waals surface area contributed by atoms with Crippen LogP contribution in [0, 0.1) is 6.92 Å². The molecule has 0 radical (unpaired) electrons. The Morgan fingerprint density at radius 3 is 2.37 bits per heavy atom. The van der Waals surface area contributed by atoms with E-state index in [1.165, 1.54) is 12.3 Å². The van der Waals surface area contributed by atoms with Crippen LogP contribution in [-0.4, -0.2) is 21.8 Å². The van der Waals surface area contributed by atoms with E-state index in [1.54, 1.807) is 24.3 Å². The molecule has 1 atom stereocenters. The van der Waals surface area contributed by atoms with E-state index in [1.807, 2.05) is 6.92 Å². The lowest BCUT2D eigenvalue weighted by molar-refractivity contribution is -0.139. The van der Waals surface area contributed by atoms with Crippen molar-refractivity contribution in [2.24, 2.45) is 0 Å². The van der Waals surface area contributed by atoms with Gasteiger partial charge in [0.05, 0.1) is 11.5 Å². The zero-order valence-electron chi connectivity index (χ0n) is 14.3. The summed E-state index contributed by atoms with van der Waals surface area (Å²) in [6, 6.07) is 9.83. The van der Waals surface area contributed by atoms with Gasteiger partial charge in [0.1, 0.15) is 0 Å². The summed E-state index contributed by atoms with van der Waals surface area (Å²) in [5, 5.41) is 9.94.